The lowest BCUT2D eigenvalue weighted by Gasteiger charge is -2.35. The Kier molecular flexibility index (Phi) is 21.8. The van der Waals surface area contributed by atoms with Crippen molar-refractivity contribution in [3.05, 3.63) is 81.7 Å². The molecule has 75 heavy (non-hydrogen) atoms. The normalized spacial score (nSPS) is 16.0. The number of piperazine rings is 1. The van der Waals surface area contributed by atoms with Crippen molar-refractivity contribution in [2.24, 2.45) is 22.5 Å². The van der Waals surface area contributed by atoms with E-state index in [-0.39, 0.29) is 98.6 Å². The number of ether oxygens (including phenoxy) is 1. The van der Waals surface area contributed by atoms with Gasteiger partial charge in [-0.25, -0.2) is 19.8 Å². The number of aliphatic imine (C=N–C) groups is 1. The molecule has 3 aromatic rings. The first-order valence-corrected chi connectivity index (χ1v) is 25.1. The first-order valence-electron chi connectivity index (χ1n) is 25.1. The quantitative estimate of drug-likeness (QED) is 0.0115. The topological polar surface area (TPSA) is 300 Å². The number of imide groups is 1. The van der Waals surface area contributed by atoms with Gasteiger partial charge in [-0.1, -0.05) is 44.2 Å². The van der Waals surface area contributed by atoms with Gasteiger partial charge in [0.05, 0.1) is 35.2 Å². The van der Waals surface area contributed by atoms with Crippen molar-refractivity contribution in [1.82, 2.24) is 35.3 Å². The monoisotopic (exact) mass is 1040 g/mol. The number of aryl methyl sites for hydroxylation is 1. The number of nitrogens with zero attached hydrogens (tertiary/aromatic N) is 6. The third kappa shape index (κ3) is 16.4. The minimum absolute atomic E-state index is 0.0338. The van der Waals surface area contributed by atoms with Crippen LogP contribution in [-0.4, -0.2) is 142 Å². The first kappa shape index (κ1) is 58.7. The zero-order valence-electron chi connectivity index (χ0n) is 43.3. The second-order valence-electron chi connectivity index (χ2n) is 18.8. The Morgan fingerprint density at radius 3 is 2.29 bits per heavy atom. The number of rotatable bonds is 25. The Balaban J connectivity index is 1.15. The molecule has 2 aliphatic rings. The molecule has 10 N–H and O–H groups in total. The summed E-state index contributed by atoms with van der Waals surface area (Å²) in [6, 6.07) is 6.58. The van der Waals surface area contributed by atoms with E-state index in [1.807, 2.05) is 13.8 Å². The van der Waals surface area contributed by atoms with E-state index in [0.29, 0.717) is 62.1 Å². The number of carbonyl (C=O) groups is 6. The molecular formula is C52H71FN12O10. The number of hydrazine groups is 1. The van der Waals surface area contributed by atoms with Gasteiger partial charge in [0.2, 0.25) is 23.2 Å². The fraction of sp³-hybridized carbons (Fsp3) is 0.500. The number of anilines is 2. The molecule has 0 saturated carbocycles. The Hall–Kier alpha value is -7.23. The average molecular weight is 1040 g/mol. The number of hydrogen-bond acceptors (Lipinski definition) is 16. The number of nitrogens with two attached hydrogens (primary N) is 2. The number of carboxylic acid groups (broad SMARTS) is 1. The van der Waals surface area contributed by atoms with Crippen LogP contribution in [-0.2, 0) is 37.1 Å². The number of carbonyl (C=O) groups excluding carboxylic acids is 5. The molecule has 2 saturated heterocycles. The predicted molar refractivity (Wildman–Crippen MR) is 281 cm³/mol. The van der Waals surface area contributed by atoms with Crippen molar-refractivity contribution in [3.63, 3.8) is 0 Å². The molecule has 3 heterocycles. The maximum absolute atomic E-state index is 15.4. The summed E-state index contributed by atoms with van der Waals surface area (Å²) in [4.78, 5) is 96.7. The summed E-state index contributed by atoms with van der Waals surface area (Å²) in [6.45, 7) is 14.7. The van der Waals surface area contributed by atoms with E-state index in [0.717, 1.165) is 11.1 Å². The standard InChI is InChI=1S/C52H71FN12O10/c1-7-61-29-38(51(72)73)48(69)37-27-39(53)43(28-42(37)61)62-23-25-63(26-24-62)52(74)75-31-35-15-17-36(18-16-35)59-50(71)41(13-10-11-21-57-34(5)54)65(55)30-40(56-6)47(32(2)3)60-49(70)33(4)58-44(66)14-9-8-12-22-64-45(67)19-20-46(64)68/h15-18,27-30,32-34,41,47,49,57,60,70H,6-9,11-12,14,19-26,31,54-55H2,1-5H3,(H,58,66)(H,59,71)(H,72,73)/b40-30-/t33-,34?,41?,47+,49?/m1/s1. The minimum Gasteiger partial charge on any atom is -0.477 e. The van der Waals surface area contributed by atoms with Crippen molar-refractivity contribution >= 4 is 64.7 Å². The number of pyridine rings is 1. The molecule has 23 heteroatoms. The van der Waals surface area contributed by atoms with E-state index in [9.17, 15) is 43.8 Å². The lowest BCUT2D eigenvalue weighted by molar-refractivity contribution is -0.138. The maximum Gasteiger partial charge on any atom is 0.410 e. The van der Waals surface area contributed by atoms with Gasteiger partial charge in [0.15, 0.2) is 6.04 Å². The van der Waals surface area contributed by atoms with Crippen LogP contribution in [0.4, 0.5) is 20.6 Å². The molecule has 5 atom stereocenters. The number of aliphatic hydroxyl groups excluding tert-OH is 1. The second kappa shape index (κ2) is 27.9. The highest BCUT2D eigenvalue weighted by atomic mass is 19.1. The lowest BCUT2D eigenvalue weighted by Crippen LogP contribution is -2.53. The highest BCUT2D eigenvalue weighted by molar-refractivity contribution is 6.02. The van der Waals surface area contributed by atoms with Gasteiger partial charge in [0.25, 0.3) is 5.91 Å². The molecule has 5 rings (SSSR count). The van der Waals surface area contributed by atoms with Crippen LogP contribution < -0.4 is 43.2 Å². The fourth-order valence-corrected chi connectivity index (χ4v) is 8.53. The van der Waals surface area contributed by atoms with Crippen molar-refractivity contribution in [1.29, 1.82) is 0 Å². The summed E-state index contributed by atoms with van der Waals surface area (Å²) in [6.07, 6.45) is 3.37. The Morgan fingerprint density at radius 2 is 1.68 bits per heavy atom. The van der Waals surface area contributed by atoms with Crippen LogP contribution in [0.2, 0.25) is 0 Å². The molecule has 0 radical (unpaired) electrons. The third-order valence-corrected chi connectivity index (χ3v) is 12.8. The molecule has 0 aliphatic carbocycles. The van der Waals surface area contributed by atoms with E-state index >= 15 is 4.39 Å². The SMILES string of the molecule is C=N/C(=C\N(N)C(C#CCCNC(C)N)C(=O)Nc1ccc(COC(=O)N2CCN(c3cc4c(cc3F)c(=O)c(C(=O)O)cn4CC)CC2)cc1)[C@@H](NC(O)[C@@H](C)NC(=O)CCCCCN1C(=O)CCC1=O)C(C)C. The number of likely N-dealkylation sites (tertiary alicyclic amines) is 1. The summed E-state index contributed by atoms with van der Waals surface area (Å²) in [7, 11) is 0. The molecule has 2 aliphatic heterocycles. The van der Waals surface area contributed by atoms with Crippen molar-refractivity contribution in [3.8, 4) is 11.8 Å². The van der Waals surface area contributed by atoms with Gasteiger partial charge >= 0.3 is 12.1 Å². The van der Waals surface area contributed by atoms with Crippen LogP contribution in [0.1, 0.15) is 95.5 Å². The molecule has 2 fully saturated rings. The van der Waals surface area contributed by atoms with Gasteiger partial charge in [-0.3, -0.25) is 44.2 Å². The van der Waals surface area contributed by atoms with E-state index < -0.39 is 59.1 Å². The van der Waals surface area contributed by atoms with Gasteiger partial charge in [0, 0.05) is 95.0 Å². The molecule has 2 aromatic carbocycles. The molecule has 5 amide bonds. The van der Waals surface area contributed by atoms with Crippen LogP contribution in [0, 0.1) is 23.6 Å². The molecule has 0 bridgehead atoms. The Labute approximate surface area is 435 Å². The van der Waals surface area contributed by atoms with Gasteiger partial charge in [0.1, 0.15) is 24.2 Å². The smallest absolute Gasteiger partial charge is 0.410 e. The highest BCUT2D eigenvalue weighted by Gasteiger charge is 2.30. The number of amides is 5. The number of hydrogen-bond donors (Lipinski definition) is 8. The molecule has 0 spiro atoms. The second-order valence-corrected chi connectivity index (χ2v) is 18.8. The van der Waals surface area contributed by atoms with Crippen LogP contribution in [0.15, 0.2) is 64.3 Å². The van der Waals surface area contributed by atoms with Crippen molar-refractivity contribution in [2.75, 3.05) is 49.5 Å². The van der Waals surface area contributed by atoms with E-state index in [1.165, 1.54) is 28.3 Å². The van der Waals surface area contributed by atoms with Crippen molar-refractivity contribution in [2.45, 2.75) is 123 Å². The van der Waals surface area contributed by atoms with E-state index in [4.69, 9.17) is 16.3 Å². The number of carboxylic acids is 1. The number of fused-ring (bicyclic) bond motifs is 1. The summed E-state index contributed by atoms with van der Waals surface area (Å²) < 4.78 is 22.6. The molecule has 22 nitrogen and oxygen atoms in total. The maximum atomic E-state index is 15.4. The Morgan fingerprint density at radius 1 is 1.00 bits per heavy atom. The Bertz CT molecular complexity index is 2680. The first-order chi connectivity index (χ1) is 35.7. The third-order valence-electron chi connectivity index (χ3n) is 12.8. The van der Waals surface area contributed by atoms with E-state index in [2.05, 4.69) is 44.8 Å². The fourth-order valence-electron chi connectivity index (χ4n) is 8.53. The highest BCUT2D eigenvalue weighted by Crippen LogP contribution is 2.27. The predicted octanol–water partition coefficient (Wildman–Crippen LogP) is 2.78. The number of benzene rings is 2. The van der Waals surface area contributed by atoms with Crippen LogP contribution in [0.5, 0.6) is 0 Å². The lowest BCUT2D eigenvalue weighted by atomic mass is 10.0. The number of unbranched alkanes of at least 4 members (excludes halogenated alkanes) is 2. The molecule has 1 aromatic heterocycles. The van der Waals surface area contributed by atoms with Crippen LogP contribution in [0.25, 0.3) is 10.9 Å². The molecule has 406 valence electrons. The summed E-state index contributed by atoms with van der Waals surface area (Å²) >= 11 is 0. The number of nitrogens with one attached hydrogen (secondary N) is 4. The largest absolute Gasteiger partial charge is 0.477 e. The summed E-state index contributed by atoms with van der Waals surface area (Å²) in [5.74, 6) is 9.01. The number of halogens is 1. The van der Waals surface area contributed by atoms with Crippen molar-refractivity contribution < 1.29 is 48.1 Å². The summed E-state index contributed by atoms with van der Waals surface area (Å²) in [5.41, 5.74) is 6.53. The minimum atomic E-state index is -1.39. The molecule has 3 unspecified atom stereocenters. The van der Waals surface area contributed by atoms with Gasteiger partial charge in [-0.2, -0.15) is 0 Å². The van der Waals surface area contributed by atoms with E-state index in [1.54, 1.807) is 54.5 Å². The van der Waals surface area contributed by atoms with Gasteiger partial charge < -0.3 is 51.0 Å². The van der Waals surface area contributed by atoms with Gasteiger partial charge in [-0.15, -0.1) is 0 Å². The van der Waals surface area contributed by atoms with Gasteiger partial charge in [-0.05, 0) is 76.1 Å². The van der Waals surface area contributed by atoms with Crippen LogP contribution in [0.3, 0.4) is 0 Å². The van der Waals surface area contributed by atoms with Crippen LogP contribution >= 0.6 is 0 Å². The zero-order valence-corrected chi connectivity index (χ0v) is 43.3. The number of aliphatic hydroxyl groups is 1. The average Bonchev–Trinajstić information content (AvgIpc) is 3.70. The number of aromatic nitrogens is 1. The molecular weight excluding hydrogens is 972 g/mol. The summed E-state index contributed by atoms with van der Waals surface area (Å²) in [5, 5.41) is 33.5. The zero-order chi connectivity index (χ0) is 54.9. The number of aromatic carboxylic acids is 1.